The summed E-state index contributed by atoms with van der Waals surface area (Å²) in [5.74, 6) is 0.389. The molecule has 7 nitrogen and oxygen atoms in total. The molecule has 0 spiro atoms. The summed E-state index contributed by atoms with van der Waals surface area (Å²) in [4.78, 5) is 33.8. The highest BCUT2D eigenvalue weighted by molar-refractivity contribution is 7.17. The van der Waals surface area contributed by atoms with E-state index in [-0.39, 0.29) is 17.6 Å². The number of anilines is 1. The van der Waals surface area contributed by atoms with Gasteiger partial charge in [0.15, 0.2) is 10.9 Å². The third kappa shape index (κ3) is 4.25. The lowest BCUT2D eigenvalue weighted by atomic mass is 10.1. The van der Waals surface area contributed by atoms with Gasteiger partial charge in [-0.2, -0.15) is 0 Å². The average Bonchev–Trinajstić information content (AvgIpc) is 3.41. The summed E-state index contributed by atoms with van der Waals surface area (Å²) in [6.07, 6.45) is 0.802. The number of benzene rings is 1. The fourth-order valence-electron chi connectivity index (χ4n) is 3.36. The van der Waals surface area contributed by atoms with Crippen molar-refractivity contribution in [2.45, 2.75) is 33.2 Å². The van der Waals surface area contributed by atoms with Crippen LogP contribution in [-0.2, 0) is 13.0 Å². The third-order valence-corrected chi connectivity index (χ3v) is 6.16. The first-order valence-electron chi connectivity index (χ1n) is 9.64. The molecule has 0 unspecified atom stereocenters. The second kappa shape index (κ2) is 8.35. The third-order valence-electron chi connectivity index (χ3n) is 4.94. The number of Topliss-reactive ketones (excluding diaryl/α,β-unsaturated/α-hetero) is 1. The standard InChI is InChI=1S/C21H21FN4O3S/c1-13-11-17(24-29-13)7-8-18(27)19-14(2)23-20(30-19)26-10-9-25(21(26)28)12-15-3-5-16(22)6-4-15/h3-6,11H,7-10,12H2,1-2H3. The van der Waals surface area contributed by atoms with Crippen LogP contribution in [0.5, 0.6) is 0 Å². The van der Waals surface area contributed by atoms with Crippen LogP contribution in [0.3, 0.4) is 0 Å². The largest absolute Gasteiger partial charge is 0.361 e. The van der Waals surface area contributed by atoms with Gasteiger partial charge in [-0.1, -0.05) is 28.6 Å². The molecule has 2 aromatic heterocycles. The summed E-state index contributed by atoms with van der Waals surface area (Å²) < 4.78 is 18.1. The maximum absolute atomic E-state index is 13.1. The van der Waals surface area contributed by atoms with Crippen molar-refractivity contribution >= 4 is 28.3 Å². The number of aryl methyl sites for hydroxylation is 3. The monoisotopic (exact) mass is 428 g/mol. The first-order valence-corrected chi connectivity index (χ1v) is 10.5. The normalized spacial score (nSPS) is 14.0. The molecule has 0 N–H and O–H groups in total. The van der Waals surface area contributed by atoms with Crippen LogP contribution in [0.1, 0.15) is 38.8 Å². The fraction of sp³-hybridized carbons (Fsp3) is 0.333. The van der Waals surface area contributed by atoms with Gasteiger partial charge in [-0.25, -0.2) is 14.2 Å². The van der Waals surface area contributed by atoms with Gasteiger partial charge in [-0.15, -0.1) is 0 Å². The summed E-state index contributed by atoms with van der Waals surface area (Å²) >= 11 is 1.24. The van der Waals surface area contributed by atoms with Crippen molar-refractivity contribution in [2.24, 2.45) is 0 Å². The Morgan fingerprint density at radius 3 is 2.70 bits per heavy atom. The van der Waals surface area contributed by atoms with Crippen molar-refractivity contribution in [1.29, 1.82) is 0 Å². The number of carbonyl (C=O) groups is 2. The predicted molar refractivity (Wildman–Crippen MR) is 110 cm³/mol. The average molecular weight is 428 g/mol. The number of halogens is 1. The lowest BCUT2D eigenvalue weighted by molar-refractivity contribution is 0.0985. The minimum absolute atomic E-state index is 0.0216. The van der Waals surface area contributed by atoms with Gasteiger partial charge in [-0.3, -0.25) is 9.69 Å². The van der Waals surface area contributed by atoms with Crippen molar-refractivity contribution < 1.29 is 18.5 Å². The summed E-state index contributed by atoms with van der Waals surface area (Å²) in [5.41, 5.74) is 2.23. The molecule has 1 aromatic carbocycles. The van der Waals surface area contributed by atoms with Crippen LogP contribution in [0, 0.1) is 19.7 Å². The number of thiazole rings is 1. The highest BCUT2D eigenvalue weighted by Gasteiger charge is 2.32. The Morgan fingerprint density at radius 1 is 1.23 bits per heavy atom. The number of aromatic nitrogens is 2. The quantitative estimate of drug-likeness (QED) is 0.529. The molecule has 1 aliphatic rings. The first-order chi connectivity index (χ1) is 14.4. The van der Waals surface area contributed by atoms with Crippen LogP contribution in [0.15, 0.2) is 34.9 Å². The van der Waals surface area contributed by atoms with Crippen LogP contribution < -0.4 is 4.90 Å². The molecule has 1 fully saturated rings. The molecule has 0 bridgehead atoms. The van der Waals surface area contributed by atoms with Crippen molar-refractivity contribution in [2.75, 3.05) is 18.0 Å². The molecule has 2 amide bonds. The first kappa shape index (κ1) is 20.2. The molecule has 4 rings (SSSR count). The van der Waals surface area contributed by atoms with E-state index in [1.165, 1.54) is 23.5 Å². The number of carbonyl (C=O) groups excluding carboxylic acids is 2. The van der Waals surface area contributed by atoms with Crippen molar-refractivity contribution in [3.05, 3.63) is 63.7 Å². The highest BCUT2D eigenvalue weighted by atomic mass is 32.1. The topological polar surface area (TPSA) is 79.5 Å². The Balaban J connectivity index is 1.41. The second-order valence-corrected chi connectivity index (χ2v) is 8.22. The van der Waals surface area contributed by atoms with Crippen LogP contribution in [0.25, 0.3) is 0 Å². The summed E-state index contributed by atoms with van der Waals surface area (Å²) in [7, 11) is 0. The molecule has 9 heteroatoms. The number of urea groups is 1. The molecule has 3 heterocycles. The fourth-order valence-corrected chi connectivity index (χ4v) is 4.42. The SMILES string of the molecule is Cc1cc(CCC(=O)c2sc(N3CCN(Cc4ccc(F)cc4)C3=O)nc2C)no1. The summed E-state index contributed by atoms with van der Waals surface area (Å²) in [5, 5.41) is 4.44. The lowest BCUT2D eigenvalue weighted by Crippen LogP contribution is -2.31. The van der Waals surface area contributed by atoms with E-state index in [0.29, 0.717) is 53.9 Å². The Bertz CT molecular complexity index is 1080. The Hall–Kier alpha value is -3.07. The van der Waals surface area contributed by atoms with Crippen LogP contribution in [-0.4, -0.2) is 39.9 Å². The van der Waals surface area contributed by atoms with E-state index >= 15 is 0 Å². The number of amides is 2. The second-order valence-electron chi connectivity index (χ2n) is 7.25. The minimum Gasteiger partial charge on any atom is -0.361 e. The van der Waals surface area contributed by atoms with Gasteiger partial charge in [0.2, 0.25) is 0 Å². The lowest BCUT2D eigenvalue weighted by Gasteiger charge is -2.16. The van der Waals surface area contributed by atoms with Crippen molar-refractivity contribution in [3.8, 4) is 0 Å². The van der Waals surface area contributed by atoms with E-state index in [2.05, 4.69) is 10.1 Å². The molecule has 0 atom stereocenters. The summed E-state index contributed by atoms with van der Waals surface area (Å²) in [6.45, 7) is 5.04. The number of hydrogen-bond donors (Lipinski definition) is 0. The van der Waals surface area contributed by atoms with E-state index in [1.807, 2.05) is 13.0 Å². The minimum atomic E-state index is -0.303. The Kier molecular flexibility index (Phi) is 5.63. The van der Waals surface area contributed by atoms with E-state index in [0.717, 1.165) is 11.3 Å². The van der Waals surface area contributed by atoms with E-state index in [4.69, 9.17) is 4.52 Å². The van der Waals surface area contributed by atoms with Crippen LogP contribution in [0.2, 0.25) is 0 Å². The van der Waals surface area contributed by atoms with Gasteiger partial charge >= 0.3 is 6.03 Å². The maximum Gasteiger partial charge on any atom is 0.326 e. The molecule has 0 aliphatic carbocycles. The molecular formula is C21H21FN4O3S. The zero-order chi connectivity index (χ0) is 21.3. The van der Waals surface area contributed by atoms with Gasteiger partial charge in [-0.05, 0) is 31.5 Å². The number of nitrogens with zero attached hydrogens (tertiary/aromatic N) is 4. The Labute approximate surface area is 177 Å². The molecular weight excluding hydrogens is 407 g/mol. The van der Waals surface area contributed by atoms with Crippen LogP contribution in [0.4, 0.5) is 14.3 Å². The number of rotatable bonds is 7. The summed E-state index contributed by atoms with van der Waals surface area (Å²) in [6, 6.07) is 7.77. The molecule has 30 heavy (non-hydrogen) atoms. The smallest absolute Gasteiger partial charge is 0.326 e. The van der Waals surface area contributed by atoms with Gasteiger partial charge < -0.3 is 9.42 Å². The Morgan fingerprint density at radius 2 is 2.00 bits per heavy atom. The maximum atomic E-state index is 13.1. The van der Waals surface area contributed by atoms with Gasteiger partial charge in [0, 0.05) is 38.5 Å². The van der Waals surface area contributed by atoms with Gasteiger partial charge in [0.25, 0.3) is 0 Å². The van der Waals surface area contributed by atoms with Crippen LogP contribution >= 0.6 is 11.3 Å². The number of ketones is 1. The van der Waals surface area contributed by atoms with E-state index in [9.17, 15) is 14.0 Å². The zero-order valence-corrected chi connectivity index (χ0v) is 17.5. The number of hydrogen-bond acceptors (Lipinski definition) is 6. The van der Waals surface area contributed by atoms with Gasteiger partial charge in [0.1, 0.15) is 11.6 Å². The molecule has 156 valence electrons. The van der Waals surface area contributed by atoms with Gasteiger partial charge in [0.05, 0.1) is 16.3 Å². The molecule has 1 aliphatic heterocycles. The zero-order valence-electron chi connectivity index (χ0n) is 16.7. The molecule has 1 saturated heterocycles. The predicted octanol–water partition coefficient (Wildman–Crippen LogP) is 4.14. The highest BCUT2D eigenvalue weighted by Crippen LogP contribution is 2.30. The van der Waals surface area contributed by atoms with E-state index in [1.54, 1.807) is 28.9 Å². The molecule has 0 radical (unpaired) electrons. The molecule has 0 saturated carbocycles. The molecule has 3 aromatic rings. The van der Waals surface area contributed by atoms with Crippen molar-refractivity contribution in [1.82, 2.24) is 15.0 Å². The van der Waals surface area contributed by atoms with Crippen molar-refractivity contribution in [3.63, 3.8) is 0 Å². The van der Waals surface area contributed by atoms with E-state index < -0.39 is 0 Å².